The number of urea groups is 1. The standard InChI is InChI=1S/C28H22ClF4N3O/c1-18-23(11-6-12-24(18)28(31,32)33)27(16-19-7-3-2-4-8-19,25-14-13-20(29)17-34-25)36-26(37)35-22-10-5-9-21(30)15-22/h2-15,17H,16H2,1H3,(H2,35,36,37)/t27-/m1/s1. The highest BCUT2D eigenvalue weighted by molar-refractivity contribution is 6.30. The third-order valence-electron chi connectivity index (χ3n) is 5.99. The maximum absolute atomic E-state index is 13.9. The van der Waals surface area contributed by atoms with E-state index >= 15 is 0 Å². The molecule has 0 fully saturated rings. The number of carbonyl (C=O) groups is 1. The van der Waals surface area contributed by atoms with Gasteiger partial charge in [-0.05, 0) is 60.0 Å². The van der Waals surface area contributed by atoms with Crippen molar-refractivity contribution < 1.29 is 22.4 Å². The summed E-state index contributed by atoms with van der Waals surface area (Å²) in [5.41, 5.74) is -1.04. The quantitative estimate of drug-likeness (QED) is 0.255. The van der Waals surface area contributed by atoms with Crippen LogP contribution in [0.2, 0.25) is 5.02 Å². The SMILES string of the molecule is Cc1c(C(F)(F)F)cccc1[C@@](Cc1ccccc1)(NC(=O)Nc1cccc(F)c1)c1ccc(Cl)cn1. The molecule has 37 heavy (non-hydrogen) atoms. The first kappa shape index (κ1) is 26.2. The van der Waals surface area contributed by atoms with Crippen LogP contribution in [0.4, 0.5) is 28.0 Å². The lowest BCUT2D eigenvalue weighted by molar-refractivity contribution is -0.138. The molecule has 1 heterocycles. The fourth-order valence-electron chi connectivity index (χ4n) is 4.36. The molecule has 3 aromatic carbocycles. The molecule has 1 atom stereocenters. The summed E-state index contributed by atoms with van der Waals surface area (Å²) in [4.78, 5) is 17.7. The van der Waals surface area contributed by atoms with Crippen molar-refractivity contribution in [1.29, 1.82) is 0 Å². The molecule has 0 aliphatic carbocycles. The average molecular weight is 528 g/mol. The Kier molecular flexibility index (Phi) is 7.50. The Balaban J connectivity index is 1.92. The number of hydrogen-bond donors (Lipinski definition) is 2. The normalized spacial score (nSPS) is 13.0. The van der Waals surface area contributed by atoms with Crippen LogP contribution >= 0.6 is 11.6 Å². The number of nitrogens with zero attached hydrogens (tertiary/aromatic N) is 1. The number of carbonyl (C=O) groups excluding carboxylic acids is 1. The van der Waals surface area contributed by atoms with Crippen LogP contribution in [0, 0.1) is 12.7 Å². The number of nitrogens with one attached hydrogen (secondary N) is 2. The summed E-state index contributed by atoms with van der Waals surface area (Å²) >= 11 is 6.07. The number of anilines is 1. The van der Waals surface area contributed by atoms with Crippen LogP contribution in [-0.2, 0) is 18.1 Å². The highest BCUT2D eigenvalue weighted by atomic mass is 35.5. The molecule has 0 saturated carbocycles. The van der Waals surface area contributed by atoms with Crippen LogP contribution < -0.4 is 10.6 Å². The van der Waals surface area contributed by atoms with Gasteiger partial charge in [-0.2, -0.15) is 13.2 Å². The van der Waals surface area contributed by atoms with E-state index in [1.165, 1.54) is 43.5 Å². The van der Waals surface area contributed by atoms with Crippen molar-refractivity contribution in [2.45, 2.75) is 25.1 Å². The van der Waals surface area contributed by atoms with Gasteiger partial charge in [-0.15, -0.1) is 0 Å². The van der Waals surface area contributed by atoms with E-state index in [1.807, 2.05) is 6.07 Å². The highest BCUT2D eigenvalue weighted by Gasteiger charge is 2.42. The molecule has 0 spiro atoms. The van der Waals surface area contributed by atoms with Crippen molar-refractivity contribution >= 4 is 23.3 Å². The molecule has 0 aliphatic rings. The van der Waals surface area contributed by atoms with E-state index in [4.69, 9.17) is 11.6 Å². The molecule has 4 rings (SSSR count). The fraction of sp³-hybridized carbons (Fsp3) is 0.143. The number of halogens is 5. The van der Waals surface area contributed by atoms with E-state index in [0.717, 1.165) is 17.7 Å². The Morgan fingerprint density at radius 3 is 2.27 bits per heavy atom. The third-order valence-corrected chi connectivity index (χ3v) is 6.21. The molecule has 0 bridgehead atoms. The summed E-state index contributed by atoms with van der Waals surface area (Å²) < 4.78 is 55.5. The van der Waals surface area contributed by atoms with Crippen LogP contribution in [0.25, 0.3) is 0 Å². The number of aromatic nitrogens is 1. The van der Waals surface area contributed by atoms with Crippen molar-refractivity contribution in [3.63, 3.8) is 0 Å². The summed E-state index contributed by atoms with van der Waals surface area (Å²) in [6, 6.07) is 20.5. The second-order valence-electron chi connectivity index (χ2n) is 8.49. The average Bonchev–Trinajstić information content (AvgIpc) is 2.84. The summed E-state index contributed by atoms with van der Waals surface area (Å²) in [6.07, 6.45) is -3.18. The number of pyridine rings is 1. The van der Waals surface area contributed by atoms with Crippen molar-refractivity contribution in [2.24, 2.45) is 0 Å². The van der Waals surface area contributed by atoms with Gasteiger partial charge in [-0.3, -0.25) is 4.98 Å². The highest BCUT2D eigenvalue weighted by Crippen LogP contribution is 2.40. The van der Waals surface area contributed by atoms with Gasteiger partial charge >= 0.3 is 12.2 Å². The van der Waals surface area contributed by atoms with Crippen LogP contribution in [0.1, 0.15) is 27.9 Å². The predicted octanol–water partition coefficient (Wildman–Crippen LogP) is 7.51. The number of amides is 2. The molecular formula is C28H22ClF4N3O. The Hall–Kier alpha value is -3.91. The first-order chi connectivity index (χ1) is 17.6. The van der Waals surface area contributed by atoms with E-state index in [2.05, 4.69) is 15.6 Å². The Morgan fingerprint density at radius 2 is 1.62 bits per heavy atom. The van der Waals surface area contributed by atoms with Crippen LogP contribution in [0.3, 0.4) is 0 Å². The largest absolute Gasteiger partial charge is 0.416 e. The molecular weight excluding hydrogens is 506 g/mol. The topological polar surface area (TPSA) is 54.0 Å². The molecule has 0 unspecified atom stereocenters. The summed E-state index contributed by atoms with van der Waals surface area (Å²) in [5, 5.41) is 5.77. The van der Waals surface area contributed by atoms with Crippen LogP contribution in [0.15, 0.2) is 91.1 Å². The van der Waals surface area contributed by atoms with Crippen molar-refractivity contribution in [2.75, 3.05) is 5.32 Å². The lowest BCUT2D eigenvalue weighted by Gasteiger charge is -2.37. The molecule has 0 aliphatic heterocycles. The van der Waals surface area contributed by atoms with Gasteiger partial charge in [0.25, 0.3) is 0 Å². The van der Waals surface area contributed by atoms with Gasteiger partial charge in [0.1, 0.15) is 11.4 Å². The molecule has 0 saturated heterocycles. The molecule has 1 aromatic heterocycles. The maximum atomic E-state index is 13.9. The predicted molar refractivity (Wildman–Crippen MR) is 135 cm³/mol. The van der Waals surface area contributed by atoms with Gasteiger partial charge < -0.3 is 10.6 Å². The van der Waals surface area contributed by atoms with E-state index in [9.17, 15) is 22.4 Å². The molecule has 190 valence electrons. The molecule has 0 radical (unpaired) electrons. The first-order valence-corrected chi connectivity index (χ1v) is 11.6. The van der Waals surface area contributed by atoms with Crippen molar-refractivity contribution in [3.05, 3.63) is 130 Å². The second kappa shape index (κ2) is 10.6. The van der Waals surface area contributed by atoms with Crippen molar-refractivity contribution in [1.82, 2.24) is 10.3 Å². The van der Waals surface area contributed by atoms with Crippen LogP contribution in [0.5, 0.6) is 0 Å². The summed E-state index contributed by atoms with van der Waals surface area (Å²) in [7, 11) is 0. The lowest BCUT2D eigenvalue weighted by atomic mass is 9.77. The Labute approximate surface area is 216 Å². The van der Waals surface area contributed by atoms with Crippen molar-refractivity contribution in [3.8, 4) is 0 Å². The minimum atomic E-state index is -4.62. The number of hydrogen-bond acceptors (Lipinski definition) is 2. The number of benzene rings is 3. The monoisotopic (exact) mass is 527 g/mol. The van der Waals surface area contributed by atoms with E-state index in [0.29, 0.717) is 5.02 Å². The molecule has 4 aromatic rings. The zero-order valence-electron chi connectivity index (χ0n) is 19.6. The molecule has 9 heteroatoms. The maximum Gasteiger partial charge on any atom is 0.416 e. The van der Waals surface area contributed by atoms with Gasteiger partial charge in [0.15, 0.2) is 0 Å². The minimum Gasteiger partial charge on any atom is -0.322 e. The minimum absolute atomic E-state index is 0.0614. The van der Waals surface area contributed by atoms with E-state index < -0.39 is 29.1 Å². The van der Waals surface area contributed by atoms with Gasteiger partial charge in [0, 0.05) is 18.3 Å². The number of alkyl halides is 3. The summed E-state index contributed by atoms with van der Waals surface area (Å²) in [5.74, 6) is -0.554. The smallest absolute Gasteiger partial charge is 0.322 e. The Morgan fingerprint density at radius 1 is 0.919 bits per heavy atom. The molecule has 4 nitrogen and oxygen atoms in total. The van der Waals surface area contributed by atoms with E-state index in [-0.39, 0.29) is 28.9 Å². The number of rotatable bonds is 6. The van der Waals surface area contributed by atoms with E-state index in [1.54, 1.807) is 36.4 Å². The van der Waals surface area contributed by atoms with Crippen LogP contribution in [-0.4, -0.2) is 11.0 Å². The fourth-order valence-corrected chi connectivity index (χ4v) is 4.47. The van der Waals surface area contributed by atoms with Gasteiger partial charge in [0.05, 0.1) is 16.3 Å². The van der Waals surface area contributed by atoms with Gasteiger partial charge in [0.2, 0.25) is 0 Å². The lowest BCUT2D eigenvalue weighted by Crippen LogP contribution is -2.51. The summed E-state index contributed by atoms with van der Waals surface area (Å²) in [6.45, 7) is 1.36. The molecule has 2 amide bonds. The second-order valence-corrected chi connectivity index (χ2v) is 8.93. The molecule has 2 N–H and O–H groups in total. The zero-order chi connectivity index (χ0) is 26.6. The third kappa shape index (κ3) is 5.91. The zero-order valence-corrected chi connectivity index (χ0v) is 20.4. The first-order valence-electron chi connectivity index (χ1n) is 11.3. The van der Waals surface area contributed by atoms with Gasteiger partial charge in [-0.25, -0.2) is 9.18 Å². The Bertz CT molecular complexity index is 1390. The van der Waals surface area contributed by atoms with Gasteiger partial charge in [-0.1, -0.05) is 60.1 Å².